The maximum absolute atomic E-state index is 12.8. The predicted octanol–water partition coefficient (Wildman–Crippen LogP) is 3.26. The lowest BCUT2D eigenvalue weighted by atomic mass is 10.2. The average Bonchev–Trinajstić information content (AvgIpc) is 3.14. The van der Waals surface area contributed by atoms with Gasteiger partial charge in [0.15, 0.2) is 0 Å². The number of piperazine rings is 1. The van der Waals surface area contributed by atoms with Crippen LogP contribution in [0.4, 0.5) is 22.0 Å². The van der Waals surface area contributed by atoms with Crippen molar-refractivity contribution in [1.29, 1.82) is 0 Å². The number of benzene rings is 1. The van der Waals surface area contributed by atoms with Gasteiger partial charge in [-0.15, -0.1) is 0 Å². The third-order valence-corrected chi connectivity index (χ3v) is 5.59. The number of aryl methyl sites for hydroxylation is 1. The molecule has 0 unspecified atom stereocenters. The standard InChI is InChI=1S/C22H27N5O2/c1-16-5-3-6-20(23-16)25-13-14-26(17(2)15-25)22(29)24-18-8-10-19(11-9-18)27-12-4-7-21(27)28/h3,5-6,8-11,17H,4,7,12-15H2,1-2H3,(H,24,29)/t17-/m1/s1. The smallest absolute Gasteiger partial charge is 0.322 e. The number of hydrogen-bond acceptors (Lipinski definition) is 4. The average molecular weight is 393 g/mol. The van der Waals surface area contributed by atoms with Gasteiger partial charge in [-0.05, 0) is 56.7 Å². The summed E-state index contributed by atoms with van der Waals surface area (Å²) in [5.41, 5.74) is 2.62. The van der Waals surface area contributed by atoms with Crippen LogP contribution in [-0.4, -0.2) is 54.0 Å². The summed E-state index contributed by atoms with van der Waals surface area (Å²) in [5.74, 6) is 1.13. The second-order valence-corrected chi connectivity index (χ2v) is 7.75. The number of anilines is 3. The minimum Gasteiger partial charge on any atom is -0.353 e. The first kappa shape index (κ1) is 19.2. The van der Waals surface area contributed by atoms with Gasteiger partial charge in [0.05, 0.1) is 0 Å². The molecule has 1 atom stereocenters. The molecule has 2 fully saturated rings. The van der Waals surface area contributed by atoms with Crippen LogP contribution in [-0.2, 0) is 4.79 Å². The first-order valence-electron chi connectivity index (χ1n) is 10.2. The summed E-state index contributed by atoms with van der Waals surface area (Å²) in [6.45, 7) is 6.96. The number of nitrogens with one attached hydrogen (secondary N) is 1. The number of nitrogens with zero attached hydrogens (tertiary/aromatic N) is 4. The first-order chi connectivity index (χ1) is 14.0. The topological polar surface area (TPSA) is 68.8 Å². The van der Waals surface area contributed by atoms with Crippen LogP contribution in [0.25, 0.3) is 0 Å². The second-order valence-electron chi connectivity index (χ2n) is 7.75. The number of carbonyl (C=O) groups excluding carboxylic acids is 2. The summed E-state index contributed by atoms with van der Waals surface area (Å²) in [7, 11) is 0. The first-order valence-corrected chi connectivity index (χ1v) is 10.2. The molecule has 1 aromatic carbocycles. The Morgan fingerprint density at radius 1 is 1.10 bits per heavy atom. The van der Waals surface area contributed by atoms with Gasteiger partial charge in [0.1, 0.15) is 5.82 Å². The van der Waals surface area contributed by atoms with E-state index in [0.29, 0.717) is 13.0 Å². The lowest BCUT2D eigenvalue weighted by Gasteiger charge is -2.40. The van der Waals surface area contributed by atoms with E-state index >= 15 is 0 Å². The van der Waals surface area contributed by atoms with Crippen LogP contribution in [0.3, 0.4) is 0 Å². The maximum Gasteiger partial charge on any atom is 0.322 e. The second kappa shape index (κ2) is 8.11. The molecule has 3 amide bonds. The van der Waals surface area contributed by atoms with Crippen LogP contribution in [0.15, 0.2) is 42.5 Å². The monoisotopic (exact) mass is 393 g/mol. The summed E-state index contributed by atoms with van der Waals surface area (Å²) in [6.07, 6.45) is 1.51. The van der Waals surface area contributed by atoms with E-state index in [0.717, 1.165) is 48.9 Å². The normalized spacial score (nSPS) is 19.6. The molecular formula is C22H27N5O2. The summed E-state index contributed by atoms with van der Waals surface area (Å²) >= 11 is 0. The molecule has 2 aliphatic heterocycles. The van der Waals surface area contributed by atoms with Crippen LogP contribution < -0.4 is 15.1 Å². The molecule has 0 saturated carbocycles. The molecule has 1 N–H and O–H groups in total. The van der Waals surface area contributed by atoms with Gasteiger partial charge in [0, 0.05) is 55.7 Å². The van der Waals surface area contributed by atoms with Crippen molar-refractivity contribution in [3.05, 3.63) is 48.2 Å². The van der Waals surface area contributed by atoms with Crippen molar-refractivity contribution in [2.45, 2.75) is 32.7 Å². The summed E-state index contributed by atoms with van der Waals surface area (Å²) in [4.78, 5) is 35.1. The molecule has 2 aliphatic rings. The van der Waals surface area contributed by atoms with E-state index in [-0.39, 0.29) is 18.0 Å². The zero-order valence-electron chi connectivity index (χ0n) is 17.0. The van der Waals surface area contributed by atoms with E-state index in [1.165, 1.54) is 0 Å². The zero-order chi connectivity index (χ0) is 20.4. The quantitative estimate of drug-likeness (QED) is 0.869. The largest absolute Gasteiger partial charge is 0.353 e. The van der Waals surface area contributed by atoms with Gasteiger partial charge in [-0.3, -0.25) is 4.79 Å². The molecule has 2 saturated heterocycles. The van der Waals surface area contributed by atoms with E-state index in [4.69, 9.17) is 0 Å². The van der Waals surface area contributed by atoms with Crippen LogP contribution in [0.2, 0.25) is 0 Å². The maximum atomic E-state index is 12.8. The summed E-state index contributed by atoms with van der Waals surface area (Å²) in [6, 6.07) is 13.5. The van der Waals surface area contributed by atoms with Crippen LogP contribution in [0.5, 0.6) is 0 Å². The third-order valence-electron chi connectivity index (χ3n) is 5.59. The van der Waals surface area contributed by atoms with E-state index in [2.05, 4.69) is 22.1 Å². The Hall–Kier alpha value is -3.09. The predicted molar refractivity (Wildman–Crippen MR) is 114 cm³/mol. The molecule has 0 bridgehead atoms. The Balaban J connectivity index is 1.36. The number of aromatic nitrogens is 1. The number of carbonyl (C=O) groups is 2. The van der Waals surface area contributed by atoms with Crippen LogP contribution in [0, 0.1) is 6.92 Å². The van der Waals surface area contributed by atoms with Gasteiger partial charge in [-0.25, -0.2) is 9.78 Å². The molecule has 7 nitrogen and oxygen atoms in total. The van der Waals surface area contributed by atoms with Gasteiger partial charge >= 0.3 is 6.03 Å². The SMILES string of the molecule is Cc1cccc(N2CCN(C(=O)Nc3ccc(N4CCCC4=O)cc3)[C@H](C)C2)n1. The molecular weight excluding hydrogens is 366 g/mol. The number of amides is 3. The Morgan fingerprint density at radius 3 is 2.55 bits per heavy atom. The van der Waals surface area contributed by atoms with Crippen molar-refractivity contribution in [3.8, 4) is 0 Å². The van der Waals surface area contributed by atoms with Gasteiger partial charge in [0.25, 0.3) is 0 Å². The number of urea groups is 1. The van der Waals surface area contributed by atoms with Crippen molar-refractivity contribution in [2.75, 3.05) is 41.3 Å². The van der Waals surface area contributed by atoms with Crippen LogP contribution in [0.1, 0.15) is 25.5 Å². The molecule has 0 spiro atoms. The molecule has 152 valence electrons. The Kier molecular flexibility index (Phi) is 5.38. The molecule has 1 aromatic heterocycles. The lowest BCUT2D eigenvalue weighted by Crippen LogP contribution is -2.55. The zero-order valence-corrected chi connectivity index (χ0v) is 17.0. The number of pyridine rings is 1. The number of hydrogen-bond donors (Lipinski definition) is 1. The van der Waals surface area contributed by atoms with Gasteiger partial charge in [0.2, 0.25) is 5.91 Å². The molecule has 0 radical (unpaired) electrons. The van der Waals surface area contributed by atoms with Gasteiger partial charge < -0.3 is 20.0 Å². The van der Waals surface area contributed by atoms with Crippen molar-refractivity contribution in [1.82, 2.24) is 9.88 Å². The fraction of sp³-hybridized carbons (Fsp3) is 0.409. The van der Waals surface area contributed by atoms with E-state index in [9.17, 15) is 9.59 Å². The molecule has 29 heavy (non-hydrogen) atoms. The Morgan fingerprint density at radius 2 is 1.90 bits per heavy atom. The number of rotatable bonds is 3. The van der Waals surface area contributed by atoms with E-state index in [1.807, 2.05) is 54.3 Å². The van der Waals surface area contributed by atoms with Gasteiger partial charge in [-0.2, -0.15) is 0 Å². The Bertz CT molecular complexity index is 898. The third kappa shape index (κ3) is 4.18. The van der Waals surface area contributed by atoms with Crippen molar-refractivity contribution in [2.24, 2.45) is 0 Å². The highest BCUT2D eigenvalue weighted by Crippen LogP contribution is 2.24. The van der Waals surface area contributed by atoms with Crippen LogP contribution >= 0.6 is 0 Å². The highest BCUT2D eigenvalue weighted by atomic mass is 16.2. The minimum absolute atomic E-state index is 0.0764. The molecule has 4 rings (SSSR count). The summed E-state index contributed by atoms with van der Waals surface area (Å²) < 4.78 is 0. The highest BCUT2D eigenvalue weighted by Gasteiger charge is 2.28. The molecule has 2 aromatic rings. The molecule has 3 heterocycles. The fourth-order valence-corrected chi connectivity index (χ4v) is 4.01. The summed E-state index contributed by atoms with van der Waals surface area (Å²) in [5, 5.41) is 2.98. The van der Waals surface area contributed by atoms with Crippen molar-refractivity contribution >= 4 is 29.1 Å². The van der Waals surface area contributed by atoms with E-state index in [1.54, 1.807) is 4.90 Å². The fourth-order valence-electron chi connectivity index (χ4n) is 4.01. The lowest BCUT2D eigenvalue weighted by molar-refractivity contribution is -0.117. The van der Waals surface area contributed by atoms with E-state index < -0.39 is 0 Å². The van der Waals surface area contributed by atoms with Crippen molar-refractivity contribution in [3.63, 3.8) is 0 Å². The molecule has 0 aliphatic carbocycles. The highest BCUT2D eigenvalue weighted by molar-refractivity contribution is 5.96. The minimum atomic E-state index is -0.0978. The molecule has 7 heteroatoms. The van der Waals surface area contributed by atoms with Crippen molar-refractivity contribution < 1.29 is 9.59 Å². The van der Waals surface area contributed by atoms with Gasteiger partial charge in [-0.1, -0.05) is 6.07 Å². The Labute approximate surface area is 171 Å².